The molecule has 1 amide bonds. The van der Waals surface area contributed by atoms with Gasteiger partial charge in [-0.05, 0) is 24.0 Å². The number of nitrogens with two attached hydrogens (primary N) is 1. The van der Waals surface area contributed by atoms with Crippen molar-refractivity contribution in [1.29, 1.82) is 0 Å². The Morgan fingerprint density at radius 3 is 2.24 bits per heavy atom. The molecule has 118 valence electrons. The Bertz CT molecular complexity index is 434. The molecule has 0 bridgehead atoms. The Labute approximate surface area is 128 Å². The van der Waals surface area contributed by atoms with E-state index in [4.69, 9.17) is 10.5 Å². The van der Waals surface area contributed by atoms with Gasteiger partial charge < -0.3 is 15.4 Å². The van der Waals surface area contributed by atoms with Crippen molar-refractivity contribution in [2.45, 2.75) is 34.1 Å². The summed E-state index contributed by atoms with van der Waals surface area (Å²) in [6.07, 6.45) is 0.383. The van der Waals surface area contributed by atoms with Crippen molar-refractivity contribution in [2.75, 3.05) is 25.4 Å². The molecule has 0 aliphatic carbocycles. The Morgan fingerprint density at radius 1 is 1.14 bits per heavy atom. The van der Waals surface area contributed by atoms with Crippen molar-refractivity contribution in [3.05, 3.63) is 24.3 Å². The largest absolute Gasteiger partial charge is 0.491 e. The first-order chi connectivity index (χ1) is 9.90. The van der Waals surface area contributed by atoms with Crippen LogP contribution in [-0.2, 0) is 4.79 Å². The summed E-state index contributed by atoms with van der Waals surface area (Å²) in [7, 11) is 0. The third-order valence-electron chi connectivity index (χ3n) is 3.02. The van der Waals surface area contributed by atoms with Crippen LogP contribution in [0.4, 0.5) is 5.69 Å². The standard InChI is InChI=1S/C17H28N2O2/c1-13(2)11-19(12-14(3)4)17(20)9-10-21-16-8-6-5-7-15(16)18/h5-8,13-14H,9-12,18H2,1-4H3. The minimum Gasteiger partial charge on any atom is -0.491 e. The second-order valence-electron chi connectivity index (χ2n) is 6.22. The molecule has 21 heavy (non-hydrogen) atoms. The lowest BCUT2D eigenvalue weighted by atomic mass is 10.1. The number of nitrogen functional groups attached to an aromatic ring is 1. The zero-order valence-electron chi connectivity index (χ0n) is 13.6. The van der Waals surface area contributed by atoms with Crippen LogP contribution in [0.1, 0.15) is 34.1 Å². The Kier molecular flexibility index (Phi) is 7.06. The minimum atomic E-state index is 0.145. The van der Waals surface area contributed by atoms with Gasteiger partial charge in [-0.1, -0.05) is 39.8 Å². The first-order valence-corrected chi connectivity index (χ1v) is 7.65. The second kappa shape index (κ2) is 8.55. The lowest BCUT2D eigenvalue weighted by Crippen LogP contribution is -2.37. The van der Waals surface area contributed by atoms with Gasteiger partial charge in [-0.25, -0.2) is 0 Å². The van der Waals surface area contributed by atoms with Crippen LogP contribution in [-0.4, -0.2) is 30.5 Å². The predicted molar refractivity (Wildman–Crippen MR) is 87.2 cm³/mol. The monoisotopic (exact) mass is 292 g/mol. The van der Waals surface area contributed by atoms with Gasteiger partial charge in [0.05, 0.1) is 18.7 Å². The molecule has 4 nitrogen and oxygen atoms in total. The predicted octanol–water partition coefficient (Wildman–Crippen LogP) is 3.18. The van der Waals surface area contributed by atoms with Gasteiger partial charge in [-0.2, -0.15) is 0 Å². The smallest absolute Gasteiger partial charge is 0.226 e. The fourth-order valence-corrected chi connectivity index (χ4v) is 2.18. The van der Waals surface area contributed by atoms with E-state index in [1.807, 2.05) is 23.1 Å². The number of hydrogen-bond donors (Lipinski definition) is 1. The highest BCUT2D eigenvalue weighted by Gasteiger charge is 2.16. The number of benzene rings is 1. The van der Waals surface area contributed by atoms with Gasteiger partial charge in [0.2, 0.25) is 5.91 Å². The Hall–Kier alpha value is -1.71. The highest BCUT2D eigenvalue weighted by Crippen LogP contribution is 2.19. The summed E-state index contributed by atoms with van der Waals surface area (Å²) in [5.41, 5.74) is 6.41. The SMILES string of the molecule is CC(C)CN(CC(C)C)C(=O)CCOc1ccccc1N. The molecule has 0 heterocycles. The number of carbonyl (C=O) groups is 1. The van der Waals surface area contributed by atoms with E-state index in [-0.39, 0.29) is 5.91 Å². The van der Waals surface area contributed by atoms with Gasteiger partial charge in [-0.3, -0.25) is 4.79 Å². The molecular weight excluding hydrogens is 264 g/mol. The van der Waals surface area contributed by atoms with Crippen LogP contribution >= 0.6 is 0 Å². The van der Waals surface area contributed by atoms with E-state index in [2.05, 4.69) is 27.7 Å². The number of amides is 1. The van der Waals surface area contributed by atoms with Crippen molar-refractivity contribution in [2.24, 2.45) is 11.8 Å². The molecule has 0 aromatic heterocycles. The maximum atomic E-state index is 12.3. The van der Waals surface area contributed by atoms with Crippen LogP contribution in [0.25, 0.3) is 0 Å². The quantitative estimate of drug-likeness (QED) is 0.749. The molecule has 0 atom stereocenters. The van der Waals surface area contributed by atoms with E-state index in [1.165, 1.54) is 0 Å². The zero-order chi connectivity index (χ0) is 15.8. The van der Waals surface area contributed by atoms with Crippen molar-refractivity contribution in [1.82, 2.24) is 4.90 Å². The first kappa shape index (κ1) is 17.3. The third-order valence-corrected chi connectivity index (χ3v) is 3.02. The summed E-state index contributed by atoms with van der Waals surface area (Å²) < 4.78 is 5.60. The Balaban J connectivity index is 2.48. The number of carbonyl (C=O) groups excluding carboxylic acids is 1. The summed E-state index contributed by atoms with van der Waals surface area (Å²) >= 11 is 0. The molecule has 0 fully saturated rings. The van der Waals surface area contributed by atoms with E-state index in [0.29, 0.717) is 36.3 Å². The fourth-order valence-electron chi connectivity index (χ4n) is 2.18. The average Bonchev–Trinajstić information content (AvgIpc) is 2.39. The lowest BCUT2D eigenvalue weighted by Gasteiger charge is -2.26. The van der Waals surface area contributed by atoms with Crippen LogP contribution < -0.4 is 10.5 Å². The molecule has 0 saturated heterocycles. The number of ether oxygens (including phenoxy) is 1. The number of hydrogen-bond acceptors (Lipinski definition) is 3. The summed E-state index contributed by atoms with van der Waals surface area (Å²) in [4.78, 5) is 14.2. The van der Waals surface area contributed by atoms with Gasteiger partial charge in [0, 0.05) is 13.1 Å². The number of anilines is 1. The van der Waals surface area contributed by atoms with Crippen molar-refractivity contribution in [3.63, 3.8) is 0 Å². The first-order valence-electron chi connectivity index (χ1n) is 7.65. The lowest BCUT2D eigenvalue weighted by molar-refractivity contribution is -0.132. The highest BCUT2D eigenvalue weighted by molar-refractivity contribution is 5.76. The van der Waals surface area contributed by atoms with E-state index in [1.54, 1.807) is 6.07 Å². The van der Waals surface area contributed by atoms with Gasteiger partial charge in [0.1, 0.15) is 5.75 Å². The van der Waals surface area contributed by atoms with E-state index in [0.717, 1.165) is 13.1 Å². The molecule has 4 heteroatoms. The van der Waals surface area contributed by atoms with Gasteiger partial charge in [0.25, 0.3) is 0 Å². The highest BCUT2D eigenvalue weighted by atomic mass is 16.5. The molecule has 0 unspecified atom stereocenters. The summed E-state index contributed by atoms with van der Waals surface area (Å²) in [5, 5.41) is 0. The number of nitrogens with zero attached hydrogens (tertiary/aromatic N) is 1. The second-order valence-corrected chi connectivity index (χ2v) is 6.22. The molecule has 0 radical (unpaired) electrons. The molecule has 0 aliphatic heterocycles. The molecule has 0 saturated carbocycles. The van der Waals surface area contributed by atoms with Crippen molar-refractivity contribution >= 4 is 11.6 Å². The maximum absolute atomic E-state index is 12.3. The zero-order valence-corrected chi connectivity index (χ0v) is 13.6. The molecule has 2 N–H and O–H groups in total. The average molecular weight is 292 g/mol. The molecule has 0 spiro atoms. The molecule has 1 aromatic rings. The van der Waals surface area contributed by atoms with Gasteiger partial charge in [-0.15, -0.1) is 0 Å². The Morgan fingerprint density at radius 2 is 1.71 bits per heavy atom. The van der Waals surface area contributed by atoms with Crippen LogP contribution in [0.15, 0.2) is 24.3 Å². The molecule has 1 aromatic carbocycles. The van der Waals surface area contributed by atoms with E-state index in [9.17, 15) is 4.79 Å². The minimum absolute atomic E-state index is 0.145. The van der Waals surface area contributed by atoms with E-state index < -0.39 is 0 Å². The summed E-state index contributed by atoms with van der Waals surface area (Å²) in [6, 6.07) is 7.35. The normalized spacial score (nSPS) is 11.0. The molecular formula is C17H28N2O2. The fraction of sp³-hybridized carbons (Fsp3) is 0.588. The molecule has 1 rings (SSSR count). The maximum Gasteiger partial charge on any atom is 0.226 e. The van der Waals surface area contributed by atoms with Crippen molar-refractivity contribution in [3.8, 4) is 5.75 Å². The van der Waals surface area contributed by atoms with Crippen LogP contribution in [0.2, 0.25) is 0 Å². The third kappa shape index (κ3) is 6.52. The van der Waals surface area contributed by atoms with Gasteiger partial charge >= 0.3 is 0 Å². The summed E-state index contributed by atoms with van der Waals surface area (Å²) in [5.74, 6) is 1.73. The van der Waals surface area contributed by atoms with E-state index >= 15 is 0 Å². The van der Waals surface area contributed by atoms with Crippen LogP contribution in [0.5, 0.6) is 5.75 Å². The molecule has 0 aliphatic rings. The van der Waals surface area contributed by atoms with Crippen molar-refractivity contribution < 1.29 is 9.53 Å². The summed E-state index contributed by atoms with van der Waals surface area (Å²) in [6.45, 7) is 10.5. The topological polar surface area (TPSA) is 55.6 Å². The van der Waals surface area contributed by atoms with Crippen LogP contribution in [0.3, 0.4) is 0 Å². The number of para-hydroxylation sites is 2. The van der Waals surface area contributed by atoms with Crippen LogP contribution in [0, 0.1) is 11.8 Å². The van der Waals surface area contributed by atoms with Gasteiger partial charge in [0.15, 0.2) is 0 Å². The number of rotatable bonds is 8.